The Balaban J connectivity index is 1.84. The molecule has 1 aromatic heterocycles. The molecular formula is C19H18ClFN4O. The summed E-state index contributed by atoms with van der Waals surface area (Å²) in [6.07, 6.45) is 1.12. The van der Waals surface area contributed by atoms with Gasteiger partial charge in [0.2, 0.25) is 5.95 Å². The number of aromatic nitrogens is 2. The van der Waals surface area contributed by atoms with Gasteiger partial charge in [-0.15, -0.1) is 0 Å². The number of rotatable bonds is 5. The molecule has 0 amide bonds. The van der Waals surface area contributed by atoms with Crippen LogP contribution in [0.3, 0.4) is 0 Å². The van der Waals surface area contributed by atoms with Gasteiger partial charge in [-0.2, -0.15) is 4.98 Å². The summed E-state index contributed by atoms with van der Waals surface area (Å²) in [5.41, 5.74) is 3.65. The molecule has 0 fully saturated rings. The van der Waals surface area contributed by atoms with Crippen molar-refractivity contribution in [1.29, 1.82) is 0 Å². The quantitative estimate of drug-likeness (QED) is 0.629. The Kier molecular flexibility index (Phi) is 5.23. The number of anilines is 4. The van der Waals surface area contributed by atoms with E-state index in [1.54, 1.807) is 18.2 Å². The lowest BCUT2D eigenvalue weighted by Crippen LogP contribution is -2.03. The van der Waals surface area contributed by atoms with Gasteiger partial charge in [0.25, 0.3) is 0 Å². The number of nitrogens with zero attached hydrogens (tertiary/aromatic N) is 2. The zero-order valence-electron chi connectivity index (χ0n) is 14.6. The highest BCUT2D eigenvalue weighted by Gasteiger charge is 2.10. The standard InChI is InChI=1S/C19H18ClFN4O/c1-11-6-12(2)8-14(7-11)24-19-22-10-16(21)18(25-19)23-13-4-5-17(26-3)15(20)9-13/h4-10H,1-3H3,(H2,22,23,24,25). The van der Waals surface area contributed by atoms with Gasteiger partial charge in [-0.3, -0.25) is 0 Å². The second kappa shape index (κ2) is 7.58. The van der Waals surface area contributed by atoms with Gasteiger partial charge in [0.15, 0.2) is 11.6 Å². The van der Waals surface area contributed by atoms with Crippen LogP contribution in [0.4, 0.5) is 27.5 Å². The third-order valence-electron chi connectivity index (χ3n) is 3.64. The molecule has 1 heterocycles. The maximum atomic E-state index is 14.1. The molecule has 3 rings (SSSR count). The van der Waals surface area contributed by atoms with Crippen LogP contribution in [0.2, 0.25) is 5.02 Å². The Labute approximate surface area is 156 Å². The van der Waals surface area contributed by atoms with Crippen LogP contribution in [0.15, 0.2) is 42.6 Å². The molecule has 0 aliphatic carbocycles. The average Bonchev–Trinajstić information content (AvgIpc) is 2.57. The molecule has 0 aliphatic heterocycles. The summed E-state index contributed by atoms with van der Waals surface area (Å²) >= 11 is 6.10. The molecule has 2 aromatic carbocycles. The monoisotopic (exact) mass is 372 g/mol. The highest BCUT2D eigenvalue weighted by molar-refractivity contribution is 6.32. The number of hydrogen-bond acceptors (Lipinski definition) is 5. The molecule has 5 nitrogen and oxygen atoms in total. The highest BCUT2D eigenvalue weighted by atomic mass is 35.5. The van der Waals surface area contributed by atoms with Crippen LogP contribution in [0.5, 0.6) is 5.75 Å². The minimum atomic E-state index is -0.567. The first-order valence-corrected chi connectivity index (χ1v) is 8.31. The van der Waals surface area contributed by atoms with Crippen molar-refractivity contribution < 1.29 is 9.13 Å². The summed E-state index contributed by atoms with van der Waals surface area (Å²) in [5, 5.41) is 6.42. The number of methoxy groups -OCH3 is 1. The lowest BCUT2D eigenvalue weighted by atomic mass is 10.1. The van der Waals surface area contributed by atoms with E-state index in [0.29, 0.717) is 22.4 Å². The summed E-state index contributed by atoms with van der Waals surface area (Å²) in [5.74, 6) is 0.312. The predicted molar refractivity (Wildman–Crippen MR) is 102 cm³/mol. The first kappa shape index (κ1) is 17.9. The van der Waals surface area contributed by atoms with Crippen LogP contribution in [-0.4, -0.2) is 17.1 Å². The molecule has 26 heavy (non-hydrogen) atoms. The zero-order valence-corrected chi connectivity index (χ0v) is 15.4. The molecule has 0 saturated carbocycles. The molecule has 134 valence electrons. The van der Waals surface area contributed by atoms with Crippen molar-refractivity contribution in [3.63, 3.8) is 0 Å². The van der Waals surface area contributed by atoms with Gasteiger partial charge in [-0.1, -0.05) is 17.7 Å². The van der Waals surface area contributed by atoms with E-state index in [1.165, 1.54) is 7.11 Å². The maximum Gasteiger partial charge on any atom is 0.229 e. The van der Waals surface area contributed by atoms with E-state index in [-0.39, 0.29) is 5.82 Å². The van der Waals surface area contributed by atoms with Crippen LogP contribution in [0.1, 0.15) is 11.1 Å². The number of aryl methyl sites for hydroxylation is 2. The summed E-state index contributed by atoms with van der Waals surface area (Å²) in [6, 6.07) is 11.1. The Morgan fingerprint density at radius 3 is 2.38 bits per heavy atom. The van der Waals surface area contributed by atoms with E-state index < -0.39 is 5.82 Å². The Hall–Kier alpha value is -2.86. The molecule has 7 heteroatoms. The Morgan fingerprint density at radius 2 is 1.73 bits per heavy atom. The predicted octanol–water partition coefficient (Wildman–Crippen LogP) is 5.38. The topological polar surface area (TPSA) is 59.1 Å². The first-order valence-electron chi connectivity index (χ1n) is 7.93. The van der Waals surface area contributed by atoms with Crippen molar-refractivity contribution in [3.05, 3.63) is 64.6 Å². The van der Waals surface area contributed by atoms with Crippen LogP contribution >= 0.6 is 11.6 Å². The largest absolute Gasteiger partial charge is 0.495 e. The molecule has 2 N–H and O–H groups in total. The van der Waals surface area contributed by atoms with Crippen molar-refractivity contribution in [2.75, 3.05) is 17.7 Å². The smallest absolute Gasteiger partial charge is 0.229 e. The summed E-state index contributed by atoms with van der Waals surface area (Å²) in [7, 11) is 1.53. The third kappa shape index (κ3) is 4.21. The molecule has 0 saturated heterocycles. The molecule has 0 bridgehead atoms. The molecule has 3 aromatic rings. The van der Waals surface area contributed by atoms with Gasteiger partial charge in [-0.25, -0.2) is 9.37 Å². The lowest BCUT2D eigenvalue weighted by Gasteiger charge is -2.11. The van der Waals surface area contributed by atoms with E-state index in [1.807, 2.05) is 26.0 Å². The van der Waals surface area contributed by atoms with E-state index in [9.17, 15) is 4.39 Å². The Morgan fingerprint density at radius 1 is 1.00 bits per heavy atom. The number of hydrogen-bond donors (Lipinski definition) is 2. The van der Waals surface area contributed by atoms with Gasteiger partial charge < -0.3 is 15.4 Å². The van der Waals surface area contributed by atoms with Crippen molar-refractivity contribution in [2.45, 2.75) is 13.8 Å². The summed E-state index contributed by atoms with van der Waals surface area (Å²) in [6.45, 7) is 4.01. The minimum Gasteiger partial charge on any atom is -0.495 e. The molecule has 0 spiro atoms. The fourth-order valence-corrected chi connectivity index (χ4v) is 2.83. The van der Waals surface area contributed by atoms with Crippen LogP contribution in [0.25, 0.3) is 0 Å². The van der Waals surface area contributed by atoms with E-state index in [0.717, 1.165) is 23.0 Å². The molecule has 0 radical (unpaired) electrons. The fraction of sp³-hybridized carbons (Fsp3) is 0.158. The molecular weight excluding hydrogens is 355 g/mol. The number of ether oxygens (including phenoxy) is 1. The second-order valence-corrected chi connectivity index (χ2v) is 6.27. The Bertz CT molecular complexity index is 929. The fourth-order valence-electron chi connectivity index (χ4n) is 2.57. The molecule has 0 aliphatic rings. The van der Waals surface area contributed by atoms with Crippen molar-refractivity contribution in [2.24, 2.45) is 0 Å². The molecule has 0 unspecified atom stereocenters. The van der Waals surface area contributed by atoms with E-state index in [2.05, 4.69) is 26.7 Å². The van der Waals surface area contributed by atoms with Gasteiger partial charge in [-0.05, 0) is 55.3 Å². The normalized spacial score (nSPS) is 10.5. The van der Waals surface area contributed by atoms with Crippen LogP contribution < -0.4 is 15.4 Å². The lowest BCUT2D eigenvalue weighted by molar-refractivity contribution is 0.415. The number of benzene rings is 2. The van der Waals surface area contributed by atoms with Crippen molar-refractivity contribution >= 4 is 34.7 Å². The second-order valence-electron chi connectivity index (χ2n) is 5.87. The average molecular weight is 373 g/mol. The van der Waals surface area contributed by atoms with Gasteiger partial charge in [0.05, 0.1) is 18.3 Å². The van der Waals surface area contributed by atoms with E-state index >= 15 is 0 Å². The first-order chi connectivity index (χ1) is 12.4. The highest BCUT2D eigenvalue weighted by Crippen LogP contribution is 2.29. The summed E-state index contributed by atoms with van der Waals surface area (Å²) < 4.78 is 19.2. The van der Waals surface area contributed by atoms with Gasteiger partial charge in [0, 0.05) is 11.4 Å². The van der Waals surface area contributed by atoms with Crippen molar-refractivity contribution in [1.82, 2.24) is 9.97 Å². The SMILES string of the molecule is COc1ccc(Nc2nc(Nc3cc(C)cc(C)c3)ncc2F)cc1Cl. The van der Waals surface area contributed by atoms with E-state index in [4.69, 9.17) is 16.3 Å². The number of halogens is 2. The van der Waals surface area contributed by atoms with Gasteiger partial charge >= 0.3 is 0 Å². The van der Waals surface area contributed by atoms with Crippen LogP contribution in [0, 0.1) is 19.7 Å². The molecule has 0 atom stereocenters. The summed E-state index contributed by atoms with van der Waals surface area (Å²) in [4.78, 5) is 8.21. The van der Waals surface area contributed by atoms with Crippen LogP contribution in [-0.2, 0) is 0 Å². The van der Waals surface area contributed by atoms with Crippen molar-refractivity contribution in [3.8, 4) is 5.75 Å². The van der Waals surface area contributed by atoms with Gasteiger partial charge in [0.1, 0.15) is 5.75 Å². The minimum absolute atomic E-state index is 0.0492. The third-order valence-corrected chi connectivity index (χ3v) is 3.93. The maximum absolute atomic E-state index is 14.1. The number of nitrogens with one attached hydrogen (secondary N) is 2. The zero-order chi connectivity index (χ0) is 18.7.